The second-order valence-corrected chi connectivity index (χ2v) is 6.31. The van der Waals surface area contributed by atoms with E-state index < -0.39 is 30.2 Å². The highest BCUT2D eigenvalue weighted by molar-refractivity contribution is 6.31. The van der Waals surface area contributed by atoms with Crippen LogP contribution in [0.2, 0.25) is 5.02 Å². The molecule has 0 radical (unpaired) electrons. The monoisotopic (exact) mass is 422 g/mol. The van der Waals surface area contributed by atoms with Gasteiger partial charge >= 0.3 is 11.9 Å². The lowest BCUT2D eigenvalue weighted by Gasteiger charge is -2.08. The lowest BCUT2D eigenvalue weighted by molar-refractivity contribution is -0.119. The van der Waals surface area contributed by atoms with Crippen molar-refractivity contribution in [3.8, 4) is 0 Å². The molecule has 0 spiro atoms. The Labute approximate surface area is 171 Å². The van der Waals surface area contributed by atoms with Crippen LogP contribution < -0.4 is 11.1 Å². The number of halogens is 1. The number of nitrogens with one attached hydrogen (secondary N) is 1. The first-order valence-corrected chi connectivity index (χ1v) is 8.86. The number of ether oxygens (including phenoxy) is 2. The molecule has 154 valence electrons. The molecule has 0 saturated heterocycles. The van der Waals surface area contributed by atoms with E-state index >= 15 is 0 Å². The number of nitrogens with two attached hydrogens (primary N) is 1. The molecular weight excluding hydrogens is 404 g/mol. The van der Waals surface area contributed by atoms with E-state index in [2.05, 4.69) is 5.32 Å². The highest BCUT2D eigenvalue weighted by Crippen LogP contribution is 2.28. The van der Waals surface area contributed by atoms with E-state index in [1.807, 2.05) is 0 Å². The molecule has 10 heteroatoms. The van der Waals surface area contributed by atoms with Crippen LogP contribution in [-0.4, -0.2) is 36.8 Å². The average Bonchev–Trinajstić information content (AvgIpc) is 2.97. The molecule has 2 aromatic rings. The van der Waals surface area contributed by atoms with Gasteiger partial charge in [0.1, 0.15) is 11.3 Å². The second kappa shape index (κ2) is 9.24. The van der Waals surface area contributed by atoms with Gasteiger partial charge in [-0.3, -0.25) is 14.9 Å². The Kier molecular flexibility index (Phi) is 7.00. The summed E-state index contributed by atoms with van der Waals surface area (Å²) in [7, 11) is 0. The van der Waals surface area contributed by atoms with E-state index in [-0.39, 0.29) is 45.7 Å². The maximum atomic E-state index is 12.2. The fraction of sp³-hybridized carbons (Fsp3) is 0.263. The van der Waals surface area contributed by atoms with Crippen LogP contribution in [0.15, 0.2) is 22.6 Å². The average molecular weight is 423 g/mol. The zero-order valence-corrected chi connectivity index (χ0v) is 16.7. The van der Waals surface area contributed by atoms with Crippen molar-refractivity contribution in [2.45, 2.75) is 20.8 Å². The minimum atomic E-state index is -0.856. The fourth-order valence-electron chi connectivity index (χ4n) is 2.53. The van der Waals surface area contributed by atoms with E-state index in [1.165, 1.54) is 32.0 Å². The van der Waals surface area contributed by atoms with E-state index in [4.69, 9.17) is 31.2 Å². The van der Waals surface area contributed by atoms with Crippen LogP contribution in [0.5, 0.6) is 0 Å². The molecule has 0 fully saturated rings. The van der Waals surface area contributed by atoms with Gasteiger partial charge in [-0.25, -0.2) is 9.59 Å². The van der Waals surface area contributed by atoms with Crippen LogP contribution in [0, 0.1) is 6.92 Å². The lowest BCUT2D eigenvalue weighted by atomic mass is 10.1. The van der Waals surface area contributed by atoms with Crippen LogP contribution in [-0.2, 0) is 14.3 Å². The van der Waals surface area contributed by atoms with Gasteiger partial charge < -0.3 is 19.6 Å². The SMILES string of the molecule is CCOC(=O)c1c(NC(=O)COC(=O)c2cc(Cl)ccc2N)oc(C)c1C(C)=O. The number of anilines is 2. The first-order chi connectivity index (χ1) is 13.6. The Morgan fingerprint density at radius 2 is 1.83 bits per heavy atom. The number of rotatable bonds is 7. The van der Waals surface area contributed by atoms with Crippen LogP contribution >= 0.6 is 11.6 Å². The van der Waals surface area contributed by atoms with Gasteiger partial charge in [-0.2, -0.15) is 0 Å². The van der Waals surface area contributed by atoms with E-state index in [0.29, 0.717) is 0 Å². The molecular formula is C19H19ClN2O7. The van der Waals surface area contributed by atoms with Crippen molar-refractivity contribution in [2.24, 2.45) is 0 Å². The molecule has 1 heterocycles. The number of carbonyl (C=O) groups is 4. The molecule has 1 amide bonds. The number of nitrogen functional groups attached to an aromatic ring is 1. The van der Waals surface area contributed by atoms with E-state index in [0.717, 1.165) is 0 Å². The Morgan fingerprint density at radius 3 is 2.45 bits per heavy atom. The third kappa shape index (κ3) is 5.14. The van der Waals surface area contributed by atoms with Crippen molar-refractivity contribution in [1.29, 1.82) is 0 Å². The van der Waals surface area contributed by atoms with E-state index in [9.17, 15) is 19.2 Å². The van der Waals surface area contributed by atoms with Crippen LogP contribution in [0.3, 0.4) is 0 Å². The quantitative estimate of drug-likeness (QED) is 0.394. The second-order valence-electron chi connectivity index (χ2n) is 5.87. The molecule has 9 nitrogen and oxygen atoms in total. The van der Waals surface area contributed by atoms with Crippen LogP contribution in [0.4, 0.5) is 11.6 Å². The van der Waals surface area contributed by atoms with Gasteiger partial charge in [-0.05, 0) is 39.0 Å². The van der Waals surface area contributed by atoms with E-state index in [1.54, 1.807) is 6.92 Å². The highest BCUT2D eigenvalue weighted by atomic mass is 35.5. The van der Waals surface area contributed by atoms with Gasteiger partial charge in [-0.1, -0.05) is 11.6 Å². The molecule has 29 heavy (non-hydrogen) atoms. The molecule has 0 atom stereocenters. The third-order valence-corrected chi connectivity index (χ3v) is 3.97. The smallest absolute Gasteiger partial charge is 0.344 e. The van der Waals surface area contributed by atoms with Crippen molar-refractivity contribution < 1.29 is 33.1 Å². The summed E-state index contributed by atoms with van der Waals surface area (Å²) in [6, 6.07) is 4.24. The minimum Gasteiger partial charge on any atom is -0.462 e. The first kappa shape index (κ1) is 22.0. The zero-order chi connectivity index (χ0) is 21.7. The fourth-order valence-corrected chi connectivity index (χ4v) is 2.70. The summed E-state index contributed by atoms with van der Waals surface area (Å²) in [5.41, 5.74) is 5.64. The van der Waals surface area contributed by atoms with Crippen molar-refractivity contribution >= 4 is 46.8 Å². The molecule has 3 N–H and O–H groups in total. The van der Waals surface area contributed by atoms with Gasteiger partial charge in [0.2, 0.25) is 5.88 Å². The standard InChI is InChI=1S/C19H19ClN2O7/c1-4-27-19(26)16-15(9(2)23)10(3)29-17(16)22-14(24)8-28-18(25)12-7-11(20)5-6-13(12)21/h5-7H,4,8,21H2,1-3H3,(H,22,24). The summed E-state index contributed by atoms with van der Waals surface area (Å²) in [6.45, 7) is 3.69. The first-order valence-electron chi connectivity index (χ1n) is 8.49. The van der Waals surface area contributed by atoms with Crippen LogP contribution in [0.25, 0.3) is 0 Å². The lowest BCUT2D eigenvalue weighted by Crippen LogP contribution is -2.22. The maximum absolute atomic E-state index is 12.2. The van der Waals surface area contributed by atoms with Gasteiger partial charge in [-0.15, -0.1) is 0 Å². The maximum Gasteiger partial charge on any atom is 0.344 e. The van der Waals surface area contributed by atoms with Gasteiger partial charge in [0.15, 0.2) is 12.4 Å². The van der Waals surface area contributed by atoms with Gasteiger partial charge in [0.25, 0.3) is 5.91 Å². The number of benzene rings is 1. The Bertz CT molecular complexity index is 981. The number of aryl methyl sites for hydroxylation is 1. The predicted molar refractivity (Wildman–Crippen MR) is 104 cm³/mol. The molecule has 1 aromatic heterocycles. The molecule has 0 aliphatic carbocycles. The highest BCUT2D eigenvalue weighted by Gasteiger charge is 2.29. The Morgan fingerprint density at radius 1 is 1.14 bits per heavy atom. The number of hydrogen-bond acceptors (Lipinski definition) is 8. The number of carbonyl (C=O) groups excluding carboxylic acids is 4. The van der Waals surface area contributed by atoms with Crippen LogP contribution in [0.1, 0.15) is 50.7 Å². The molecule has 2 rings (SSSR count). The summed E-state index contributed by atoms with van der Waals surface area (Å²) in [4.78, 5) is 48.3. The number of hydrogen-bond donors (Lipinski definition) is 2. The number of amides is 1. The summed E-state index contributed by atoms with van der Waals surface area (Å²) in [5.74, 6) is -3.04. The summed E-state index contributed by atoms with van der Waals surface area (Å²) >= 11 is 5.82. The minimum absolute atomic E-state index is 0.00226. The normalized spacial score (nSPS) is 10.3. The molecule has 0 unspecified atom stereocenters. The number of esters is 2. The molecule has 0 bridgehead atoms. The topological polar surface area (TPSA) is 138 Å². The molecule has 0 aliphatic rings. The molecule has 0 aliphatic heterocycles. The van der Waals surface area contributed by atoms with Gasteiger partial charge in [0.05, 0.1) is 17.7 Å². The molecule has 1 aromatic carbocycles. The Hall–Kier alpha value is -3.33. The third-order valence-electron chi connectivity index (χ3n) is 3.74. The summed E-state index contributed by atoms with van der Waals surface area (Å²) in [5, 5.41) is 2.58. The Balaban J connectivity index is 2.15. The number of ketones is 1. The van der Waals surface area contributed by atoms with Crippen molar-refractivity contribution in [1.82, 2.24) is 0 Å². The summed E-state index contributed by atoms with van der Waals surface area (Å²) in [6.07, 6.45) is 0. The molecule has 0 saturated carbocycles. The predicted octanol–water partition coefficient (Wildman–Crippen LogP) is 3.00. The van der Waals surface area contributed by atoms with Crippen molar-refractivity contribution in [3.05, 3.63) is 45.7 Å². The van der Waals surface area contributed by atoms with Gasteiger partial charge in [0, 0.05) is 10.7 Å². The number of furan rings is 1. The summed E-state index contributed by atoms with van der Waals surface area (Å²) < 4.78 is 15.2. The number of Topliss-reactive ketones (excluding diaryl/α,β-unsaturated/α-hetero) is 1. The van der Waals surface area contributed by atoms with Crippen molar-refractivity contribution in [3.63, 3.8) is 0 Å². The largest absolute Gasteiger partial charge is 0.462 e. The van der Waals surface area contributed by atoms with Crippen molar-refractivity contribution in [2.75, 3.05) is 24.3 Å². The zero-order valence-electron chi connectivity index (χ0n) is 16.0.